The maximum atomic E-state index is 12.3. The lowest BCUT2D eigenvalue weighted by molar-refractivity contribution is 0.102. The normalized spacial score (nSPS) is 10.2. The van der Waals surface area contributed by atoms with Gasteiger partial charge in [0.2, 0.25) is 0 Å². The van der Waals surface area contributed by atoms with Crippen molar-refractivity contribution in [2.75, 3.05) is 17.2 Å². The van der Waals surface area contributed by atoms with Crippen molar-refractivity contribution in [3.63, 3.8) is 0 Å². The molecular weight excluding hydrogens is 264 g/mol. The lowest BCUT2D eigenvalue weighted by Gasteiger charge is -2.10. The van der Waals surface area contributed by atoms with E-state index in [2.05, 4.69) is 27.5 Å². The molecule has 2 heterocycles. The number of aromatic nitrogens is 2. The van der Waals surface area contributed by atoms with Gasteiger partial charge in [-0.2, -0.15) is 0 Å². The lowest BCUT2D eigenvalue weighted by Crippen LogP contribution is -2.14. The zero-order valence-electron chi connectivity index (χ0n) is 12.4. The van der Waals surface area contributed by atoms with Gasteiger partial charge < -0.3 is 10.6 Å². The first-order chi connectivity index (χ1) is 10.2. The number of anilines is 2. The molecule has 0 aliphatic rings. The summed E-state index contributed by atoms with van der Waals surface area (Å²) in [6.45, 7) is 4.95. The van der Waals surface area contributed by atoms with E-state index in [1.54, 1.807) is 24.5 Å². The van der Waals surface area contributed by atoms with Gasteiger partial charge in [0.05, 0.1) is 11.9 Å². The third-order valence-electron chi connectivity index (χ3n) is 2.98. The molecule has 0 spiro atoms. The van der Waals surface area contributed by atoms with Crippen LogP contribution in [0.4, 0.5) is 11.5 Å². The third-order valence-corrected chi connectivity index (χ3v) is 2.98. The minimum absolute atomic E-state index is 0.153. The van der Waals surface area contributed by atoms with Crippen molar-refractivity contribution >= 4 is 17.4 Å². The summed E-state index contributed by atoms with van der Waals surface area (Å²) in [5.41, 5.74) is 2.18. The molecule has 2 rings (SSSR count). The molecule has 1 amide bonds. The second-order valence-electron chi connectivity index (χ2n) is 4.71. The molecule has 0 saturated carbocycles. The third kappa shape index (κ3) is 4.27. The number of hydrogen-bond acceptors (Lipinski definition) is 4. The molecule has 0 atom stereocenters. The van der Waals surface area contributed by atoms with Crippen molar-refractivity contribution in [1.82, 2.24) is 9.97 Å². The van der Waals surface area contributed by atoms with E-state index in [0.717, 1.165) is 30.9 Å². The second-order valence-corrected chi connectivity index (χ2v) is 4.71. The topological polar surface area (TPSA) is 66.9 Å². The highest BCUT2D eigenvalue weighted by molar-refractivity contribution is 6.04. The van der Waals surface area contributed by atoms with Crippen molar-refractivity contribution in [3.8, 4) is 0 Å². The van der Waals surface area contributed by atoms with Gasteiger partial charge in [-0.05, 0) is 37.1 Å². The monoisotopic (exact) mass is 284 g/mol. The fourth-order valence-electron chi connectivity index (χ4n) is 1.88. The van der Waals surface area contributed by atoms with Gasteiger partial charge in [0.1, 0.15) is 5.82 Å². The summed E-state index contributed by atoms with van der Waals surface area (Å²) < 4.78 is 0. The van der Waals surface area contributed by atoms with Crippen molar-refractivity contribution in [1.29, 1.82) is 0 Å². The summed E-state index contributed by atoms with van der Waals surface area (Å²) in [6, 6.07) is 7.19. The van der Waals surface area contributed by atoms with Crippen LogP contribution in [0.5, 0.6) is 0 Å². The van der Waals surface area contributed by atoms with Crippen LogP contribution in [0.2, 0.25) is 0 Å². The SMILES string of the molecule is CCCNc1cc(C(=O)Nc2cccnc2)cc(CC)n1. The average molecular weight is 284 g/mol. The van der Waals surface area contributed by atoms with E-state index in [0.29, 0.717) is 11.3 Å². The molecule has 0 aliphatic heterocycles. The predicted octanol–water partition coefficient (Wildman–Crippen LogP) is 3.11. The smallest absolute Gasteiger partial charge is 0.255 e. The van der Waals surface area contributed by atoms with Crippen LogP contribution in [0.15, 0.2) is 36.7 Å². The summed E-state index contributed by atoms with van der Waals surface area (Å²) in [5.74, 6) is 0.590. The highest BCUT2D eigenvalue weighted by Crippen LogP contribution is 2.14. The summed E-state index contributed by atoms with van der Waals surface area (Å²) in [7, 11) is 0. The standard InChI is InChI=1S/C16H20N4O/c1-3-7-18-15-10-12(9-13(4-2)19-15)16(21)20-14-6-5-8-17-11-14/h5-6,8-11H,3-4,7H2,1-2H3,(H,18,19)(H,20,21). The Kier molecular flexibility index (Phi) is 5.26. The first kappa shape index (κ1) is 15.0. The van der Waals surface area contributed by atoms with Crippen LogP contribution >= 0.6 is 0 Å². The first-order valence-corrected chi connectivity index (χ1v) is 7.19. The van der Waals surface area contributed by atoms with Crippen LogP contribution in [0.25, 0.3) is 0 Å². The summed E-state index contributed by atoms with van der Waals surface area (Å²) in [6.07, 6.45) is 5.09. The highest BCUT2D eigenvalue weighted by Gasteiger charge is 2.10. The number of pyridine rings is 2. The average Bonchev–Trinajstić information content (AvgIpc) is 2.53. The molecule has 5 nitrogen and oxygen atoms in total. The van der Waals surface area contributed by atoms with Gasteiger partial charge in [-0.3, -0.25) is 9.78 Å². The number of carbonyl (C=O) groups is 1. The minimum Gasteiger partial charge on any atom is -0.370 e. The van der Waals surface area contributed by atoms with Gasteiger partial charge in [0.25, 0.3) is 5.91 Å². The van der Waals surface area contributed by atoms with E-state index in [1.165, 1.54) is 0 Å². The van der Waals surface area contributed by atoms with E-state index >= 15 is 0 Å². The molecule has 0 bridgehead atoms. The fourth-order valence-corrected chi connectivity index (χ4v) is 1.88. The lowest BCUT2D eigenvalue weighted by atomic mass is 10.1. The van der Waals surface area contributed by atoms with Gasteiger partial charge in [-0.1, -0.05) is 13.8 Å². The number of hydrogen-bond donors (Lipinski definition) is 2. The quantitative estimate of drug-likeness (QED) is 0.855. The van der Waals surface area contributed by atoms with E-state index < -0.39 is 0 Å². The van der Waals surface area contributed by atoms with Crippen LogP contribution in [-0.4, -0.2) is 22.4 Å². The summed E-state index contributed by atoms with van der Waals surface area (Å²) in [4.78, 5) is 20.8. The van der Waals surface area contributed by atoms with Crippen LogP contribution in [0.3, 0.4) is 0 Å². The molecule has 0 aromatic carbocycles. The number of rotatable bonds is 6. The molecule has 5 heteroatoms. The van der Waals surface area contributed by atoms with Crippen molar-refractivity contribution < 1.29 is 4.79 Å². The number of nitrogens with one attached hydrogen (secondary N) is 2. The van der Waals surface area contributed by atoms with Crippen LogP contribution in [-0.2, 0) is 6.42 Å². The Morgan fingerprint density at radius 1 is 1.29 bits per heavy atom. The molecule has 0 saturated heterocycles. The molecule has 0 unspecified atom stereocenters. The van der Waals surface area contributed by atoms with E-state index in [9.17, 15) is 4.79 Å². The molecule has 0 aliphatic carbocycles. The molecule has 0 fully saturated rings. The van der Waals surface area contributed by atoms with Gasteiger partial charge in [-0.15, -0.1) is 0 Å². The van der Waals surface area contributed by atoms with Gasteiger partial charge in [-0.25, -0.2) is 4.98 Å². The molecule has 110 valence electrons. The Morgan fingerprint density at radius 2 is 2.14 bits per heavy atom. The van der Waals surface area contributed by atoms with Gasteiger partial charge >= 0.3 is 0 Å². The van der Waals surface area contributed by atoms with E-state index in [1.807, 2.05) is 19.1 Å². The molecule has 2 aromatic rings. The highest BCUT2D eigenvalue weighted by atomic mass is 16.1. The van der Waals surface area contributed by atoms with E-state index in [4.69, 9.17) is 0 Å². The predicted molar refractivity (Wildman–Crippen MR) is 84.6 cm³/mol. The fraction of sp³-hybridized carbons (Fsp3) is 0.312. The van der Waals surface area contributed by atoms with Crippen LogP contribution in [0.1, 0.15) is 36.3 Å². The Balaban J connectivity index is 2.19. The summed E-state index contributed by atoms with van der Waals surface area (Å²) >= 11 is 0. The molecule has 0 radical (unpaired) electrons. The number of nitrogens with zero attached hydrogens (tertiary/aromatic N) is 2. The van der Waals surface area contributed by atoms with Gasteiger partial charge in [0, 0.05) is 24.0 Å². The molecule has 2 aromatic heterocycles. The Hall–Kier alpha value is -2.43. The largest absolute Gasteiger partial charge is 0.370 e. The molecule has 2 N–H and O–H groups in total. The van der Waals surface area contributed by atoms with Crippen LogP contribution in [0, 0.1) is 0 Å². The van der Waals surface area contributed by atoms with Gasteiger partial charge in [0.15, 0.2) is 0 Å². The zero-order valence-corrected chi connectivity index (χ0v) is 12.4. The number of carbonyl (C=O) groups excluding carboxylic acids is 1. The first-order valence-electron chi connectivity index (χ1n) is 7.19. The Morgan fingerprint density at radius 3 is 2.81 bits per heavy atom. The maximum Gasteiger partial charge on any atom is 0.255 e. The Labute approximate surface area is 124 Å². The molecular formula is C16H20N4O. The number of aryl methyl sites for hydroxylation is 1. The van der Waals surface area contributed by atoms with Crippen LogP contribution < -0.4 is 10.6 Å². The maximum absolute atomic E-state index is 12.3. The zero-order chi connectivity index (χ0) is 15.1. The Bertz CT molecular complexity index is 598. The second kappa shape index (κ2) is 7.38. The summed E-state index contributed by atoms with van der Waals surface area (Å²) in [5, 5.41) is 6.06. The van der Waals surface area contributed by atoms with Crippen molar-refractivity contribution in [2.45, 2.75) is 26.7 Å². The van der Waals surface area contributed by atoms with Crippen molar-refractivity contribution in [2.24, 2.45) is 0 Å². The minimum atomic E-state index is -0.153. The number of amides is 1. The van der Waals surface area contributed by atoms with E-state index in [-0.39, 0.29) is 5.91 Å². The molecule has 21 heavy (non-hydrogen) atoms. The van der Waals surface area contributed by atoms with Crippen molar-refractivity contribution in [3.05, 3.63) is 47.9 Å².